The molecular formula is C12H18F3NO4. The minimum Gasteiger partial charge on any atom is -0.481 e. The highest BCUT2D eigenvalue weighted by Crippen LogP contribution is 2.40. The van der Waals surface area contributed by atoms with Crippen LogP contribution in [0.3, 0.4) is 0 Å². The maximum atomic E-state index is 12.4. The van der Waals surface area contributed by atoms with Gasteiger partial charge in [-0.1, -0.05) is 0 Å². The van der Waals surface area contributed by atoms with Crippen LogP contribution in [0, 0.1) is 11.8 Å². The number of carboxylic acid groups (broad SMARTS) is 1. The monoisotopic (exact) mass is 297 g/mol. The first-order chi connectivity index (χ1) is 9.26. The van der Waals surface area contributed by atoms with Gasteiger partial charge < -0.3 is 14.7 Å². The van der Waals surface area contributed by atoms with Gasteiger partial charge in [0, 0.05) is 19.8 Å². The smallest absolute Gasteiger partial charge is 0.406 e. The first kappa shape index (κ1) is 16.7. The lowest BCUT2D eigenvalue weighted by atomic mass is 10.2. The van der Waals surface area contributed by atoms with Gasteiger partial charge in [0.05, 0.1) is 11.8 Å². The Balaban J connectivity index is 2.53. The zero-order chi connectivity index (χ0) is 15.3. The summed E-state index contributed by atoms with van der Waals surface area (Å²) >= 11 is 0. The van der Waals surface area contributed by atoms with Gasteiger partial charge >= 0.3 is 12.1 Å². The lowest BCUT2D eigenvalue weighted by Gasteiger charge is -2.24. The summed E-state index contributed by atoms with van der Waals surface area (Å²) in [6.07, 6.45) is -4.08. The van der Waals surface area contributed by atoms with Crippen molar-refractivity contribution in [3.63, 3.8) is 0 Å². The van der Waals surface area contributed by atoms with Crippen molar-refractivity contribution < 1.29 is 32.6 Å². The standard InChI is InChI=1S/C12H18F3NO4/c1-2-20-5-3-4-16(7-12(13,14)15)10(17)8-6-9(8)11(18)19/h8-9H,2-7H2,1H3,(H,18,19). The van der Waals surface area contributed by atoms with Crippen LogP contribution >= 0.6 is 0 Å². The third-order valence-electron chi connectivity index (χ3n) is 3.03. The predicted molar refractivity (Wildman–Crippen MR) is 63.0 cm³/mol. The molecule has 1 aliphatic carbocycles. The van der Waals surface area contributed by atoms with E-state index in [2.05, 4.69) is 0 Å². The molecule has 0 saturated heterocycles. The van der Waals surface area contributed by atoms with Crippen LogP contribution in [0.4, 0.5) is 13.2 Å². The molecule has 0 aromatic carbocycles. The van der Waals surface area contributed by atoms with Crippen molar-refractivity contribution in [2.24, 2.45) is 11.8 Å². The number of amides is 1. The van der Waals surface area contributed by atoms with Crippen molar-refractivity contribution in [3.05, 3.63) is 0 Å². The largest absolute Gasteiger partial charge is 0.481 e. The summed E-state index contributed by atoms with van der Waals surface area (Å²) in [5, 5.41) is 8.72. The van der Waals surface area contributed by atoms with Crippen molar-refractivity contribution in [2.45, 2.75) is 25.9 Å². The Morgan fingerprint density at radius 2 is 2.00 bits per heavy atom. The average Bonchev–Trinajstić information content (AvgIpc) is 3.11. The van der Waals surface area contributed by atoms with Crippen LogP contribution in [0.5, 0.6) is 0 Å². The molecule has 1 amide bonds. The number of rotatable bonds is 8. The fourth-order valence-electron chi connectivity index (χ4n) is 1.96. The van der Waals surface area contributed by atoms with Gasteiger partial charge in [0.2, 0.25) is 5.91 Å². The van der Waals surface area contributed by atoms with Crippen LogP contribution in [0.25, 0.3) is 0 Å². The molecule has 0 bridgehead atoms. The number of alkyl halides is 3. The molecule has 0 aromatic rings. The summed E-state index contributed by atoms with van der Waals surface area (Å²) in [5.74, 6) is -3.53. The number of nitrogens with zero attached hydrogens (tertiary/aromatic N) is 1. The lowest BCUT2D eigenvalue weighted by molar-refractivity contribution is -0.163. The normalized spacial score (nSPS) is 21.6. The number of halogens is 3. The zero-order valence-electron chi connectivity index (χ0n) is 11.2. The van der Waals surface area contributed by atoms with E-state index in [1.807, 2.05) is 0 Å². The Morgan fingerprint density at radius 1 is 1.35 bits per heavy atom. The number of aliphatic carboxylic acids is 1. The van der Waals surface area contributed by atoms with Crippen molar-refractivity contribution in [3.8, 4) is 0 Å². The Hall–Kier alpha value is -1.31. The van der Waals surface area contributed by atoms with Crippen molar-refractivity contribution in [1.82, 2.24) is 4.90 Å². The minimum absolute atomic E-state index is 0.0822. The summed E-state index contributed by atoms with van der Waals surface area (Å²) in [6.45, 7) is 1.06. The van der Waals surface area contributed by atoms with Gasteiger partial charge in [-0.25, -0.2) is 0 Å². The van der Waals surface area contributed by atoms with Crippen LogP contribution in [0.15, 0.2) is 0 Å². The van der Waals surface area contributed by atoms with E-state index >= 15 is 0 Å². The maximum absolute atomic E-state index is 12.4. The molecule has 0 aromatic heterocycles. The lowest BCUT2D eigenvalue weighted by Crippen LogP contribution is -2.41. The molecule has 8 heteroatoms. The van der Waals surface area contributed by atoms with Crippen molar-refractivity contribution >= 4 is 11.9 Å². The molecule has 1 saturated carbocycles. The fraction of sp³-hybridized carbons (Fsp3) is 0.833. The highest BCUT2D eigenvalue weighted by atomic mass is 19.4. The number of hydrogen-bond donors (Lipinski definition) is 1. The van der Waals surface area contributed by atoms with E-state index in [-0.39, 0.29) is 19.6 Å². The fourth-order valence-corrected chi connectivity index (χ4v) is 1.96. The molecule has 2 atom stereocenters. The van der Waals surface area contributed by atoms with E-state index in [1.165, 1.54) is 0 Å². The van der Waals surface area contributed by atoms with Crippen LogP contribution in [-0.4, -0.2) is 54.4 Å². The minimum atomic E-state index is -4.49. The predicted octanol–water partition coefficient (Wildman–Crippen LogP) is 1.52. The second-order valence-corrected chi connectivity index (χ2v) is 4.71. The number of hydrogen-bond acceptors (Lipinski definition) is 3. The molecule has 0 spiro atoms. The van der Waals surface area contributed by atoms with E-state index in [9.17, 15) is 22.8 Å². The van der Waals surface area contributed by atoms with E-state index in [0.717, 1.165) is 0 Å². The first-order valence-corrected chi connectivity index (χ1v) is 6.42. The average molecular weight is 297 g/mol. The molecule has 0 radical (unpaired) electrons. The highest BCUT2D eigenvalue weighted by Gasteiger charge is 2.50. The first-order valence-electron chi connectivity index (χ1n) is 6.42. The number of carboxylic acids is 1. The van der Waals surface area contributed by atoms with Gasteiger partial charge in [-0.15, -0.1) is 0 Å². The Labute approximate surface area is 114 Å². The summed E-state index contributed by atoms with van der Waals surface area (Å²) in [7, 11) is 0. The molecule has 1 rings (SSSR count). The Bertz CT molecular complexity index is 359. The second kappa shape index (κ2) is 6.92. The summed E-state index contributed by atoms with van der Waals surface area (Å²) in [6, 6.07) is 0. The maximum Gasteiger partial charge on any atom is 0.406 e. The molecule has 1 fully saturated rings. The van der Waals surface area contributed by atoms with E-state index in [1.54, 1.807) is 6.92 Å². The molecule has 2 unspecified atom stereocenters. The van der Waals surface area contributed by atoms with Crippen LogP contribution in [0.2, 0.25) is 0 Å². The third-order valence-corrected chi connectivity index (χ3v) is 3.03. The van der Waals surface area contributed by atoms with Crippen LogP contribution in [-0.2, 0) is 14.3 Å². The van der Waals surface area contributed by atoms with Gasteiger partial charge in [0.25, 0.3) is 0 Å². The molecule has 0 aliphatic heterocycles. The Morgan fingerprint density at radius 3 is 2.45 bits per heavy atom. The number of ether oxygens (including phenoxy) is 1. The zero-order valence-corrected chi connectivity index (χ0v) is 11.2. The summed E-state index contributed by atoms with van der Waals surface area (Å²) < 4.78 is 42.3. The van der Waals surface area contributed by atoms with Crippen LogP contribution in [0.1, 0.15) is 19.8 Å². The van der Waals surface area contributed by atoms with Crippen LogP contribution < -0.4 is 0 Å². The summed E-state index contributed by atoms with van der Waals surface area (Å²) in [4.78, 5) is 23.2. The molecule has 5 nitrogen and oxygen atoms in total. The SMILES string of the molecule is CCOCCCN(CC(F)(F)F)C(=O)C1CC1C(=O)O. The van der Waals surface area contributed by atoms with Crippen molar-refractivity contribution in [1.29, 1.82) is 0 Å². The number of carbonyl (C=O) groups excluding carboxylic acids is 1. The highest BCUT2D eigenvalue weighted by molar-refractivity contribution is 5.89. The Kier molecular flexibility index (Phi) is 5.79. The topological polar surface area (TPSA) is 66.8 Å². The van der Waals surface area contributed by atoms with E-state index in [0.29, 0.717) is 17.9 Å². The number of carbonyl (C=O) groups is 2. The van der Waals surface area contributed by atoms with Gasteiger partial charge in [-0.05, 0) is 19.8 Å². The van der Waals surface area contributed by atoms with Gasteiger partial charge in [0.1, 0.15) is 6.54 Å². The summed E-state index contributed by atoms with van der Waals surface area (Å²) in [5.41, 5.74) is 0. The van der Waals surface area contributed by atoms with Gasteiger partial charge in [-0.2, -0.15) is 13.2 Å². The quantitative estimate of drug-likeness (QED) is 0.690. The molecule has 20 heavy (non-hydrogen) atoms. The second-order valence-electron chi connectivity index (χ2n) is 4.71. The molecule has 0 heterocycles. The molecule has 1 aliphatic rings. The molecule has 116 valence electrons. The third kappa shape index (κ3) is 5.36. The molecular weight excluding hydrogens is 279 g/mol. The van der Waals surface area contributed by atoms with Crippen molar-refractivity contribution in [2.75, 3.05) is 26.3 Å². The van der Waals surface area contributed by atoms with Gasteiger partial charge in [0.15, 0.2) is 0 Å². The van der Waals surface area contributed by atoms with E-state index in [4.69, 9.17) is 9.84 Å². The molecule has 1 N–H and O–H groups in total. The van der Waals surface area contributed by atoms with E-state index < -0.39 is 36.4 Å². The van der Waals surface area contributed by atoms with Gasteiger partial charge in [-0.3, -0.25) is 9.59 Å².